The van der Waals surface area contributed by atoms with Crippen LogP contribution >= 0.6 is 15.9 Å². The molecule has 1 rings (SSSR count). The Morgan fingerprint density at radius 2 is 1.58 bits per heavy atom. The zero-order valence-electron chi connectivity index (χ0n) is 14.1. The molecule has 0 aliphatic rings. The number of allylic oxidation sites excluding steroid dienone is 2. The van der Waals surface area contributed by atoms with Gasteiger partial charge in [-0.25, -0.2) is 0 Å². The Morgan fingerprint density at radius 1 is 1.12 bits per heavy atom. The van der Waals surface area contributed by atoms with E-state index in [1.54, 1.807) is 29.2 Å². The summed E-state index contributed by atoms with van der Waals surface area (Å²) < 4.78 is 39.5. The quantitative estimate of drug-likeness (QED) is 0.462. The van der Waals surface area contributed by atoms with Crippen molar-refractivity contribution in [2.75, 3.05) is 0 Å². The highest BCUT2D eigenvalue weighted by molar-refractivity contribution is 9.10. The van der Waals surface area contributed by atoms with E-state index >= 15 is 0 Å². The molecule has 24 heavy (non-hydrogen) atoms. The topological polar surface area (TPSA) is 20.3 Å². The fraction of sp³-hybridized carbons (Fsp3) is 0.389. The van der Waals surface area contributed by atoms with Crippen LogP contribution in [0, 0.1) is 0 Å². The van der Waals surface area contributed by atoms with E-state index in [4.69, 9.17) is 0 Å². The Hall–Kier alpha value is -1.56. The molecule has 0 bridgehead atoms. The van der Waals surface area contributed by atoms with Gasteiger partial charge in [0, 0.05) is 27.7 Å². The third-order valence-electron chi connectivity index (χ3n) is 3.42. The first-order chi connectivity index (χ1) is 10.9. The lowest BCUT2D eigenvalue weighted by Crippen LogP contribution is -2.42. The number of carbonyl (C=O) groups excluding carboxylic acids is 1. The zero-order valence-corrected chi connectivity index (χ0v) is 15.7. The zero-order chi connectivity index (χ0) is 18.7. The van der Waals surface area contributed by atoms with Crippen LogP contribution in [0.15, 0.2) is 47.0 Å². The molecule has 0 radical (unpaired) electrons. The van der Waals surface area contributed by atoms with Crippen molar-refractivity contribution in [3.8, 4) is 0 Å². The van der Waals surface area contributed by atoms with Gasteiger partial charge in [0.15, 0.2) is 0 Å². The lowest BCUT2D eigenvalue weighted by atomic mass is 10.0. The molecular weight excluding hydrogens is 383 g/mol. The SMILES string of the molecule is C=C(/C=C(/C(=O)N(C(C)C)C(C)C)c1ccc(Br)cc1)C(F)(F)F. The molecule has 0 heterocycles. The van der Waals surface area contributed by atoms with E-state index in [-0.39, 0.29) is 17.7 Å². The Morgan fingerprint density at radius 3 is 1.96 bits per heavy atom. The van der Waals surface area contributed by atoms with Gasteiger partial charge < -0.3 is 4.90 Å². The second-order valence-corrected chi connectivity index (χ2v) is 6.90. The van der Waals surface area contributed by atoms with Crippen LogP contribution in [0.5, 0.6) is 0 Å². The van der Waals surface area contributed by atoms with Crippen molar-refractivity contribution >= 4 is 27.4 Å². The van der Waals surface area contributed by atoms with E-state index in [1.807, 2.05) is 27.7 Å². The van der Waals surface area contributed by atoms with Crippen molar-refractivity contribution in [3.05, 3.63) is 52.5 Å². The molecule has 0 saturated heterocycles. The predicted molar refractivity (Wildman–Crippen MR) is 94.4 cm³/mol. The highest BCUT2D eigenvalue weighted by Crippen LogP contribution is 2.30. The summed E-state index contributed by atoms with van der Waals surface area (Å²) in [7, 11) is 0. The molecule has 0 unspecified atom stereocenters. The van der Waals surface area contributed by atoms with Crippen LogP contribution in [0.25, 0.3) is 5.57 Å². The maximum atomic E-state index is 12.9. The van der Waals surface area contributed by atoms with Crippen molar-refractivity contribution < 1.29 is 18.0 Å². The number of amides is 1. The normalized spacial score (nSPS) is 12.7. The van der Waals surface area contributed by atoms with Gasteiger partial charge in [-0.15, -0.1) is 0 Å². The molecule has 0 fully saturated rings. The largest absolute Gasteiger partial charge is 0.415 e. The summed E-state index contributed by atoms with van der Waals surface area (Å²) in [6.45, 7) is 10.4. The summed E-state index contributed by atoms with van der Waals surface area (Å²) in [5.41, 5.74) is -0.659. The molecule has 0 atom stereocenters. The van der Waals surface area contributed by atoms with Gasteiger partial charge in [-0.1, -0.05) is 34.6 Å². The van der Waals surface area contributed by atoms with Crippen molar-refractivity contribution in [2.45, 2.75) is 46.0 Å². The van der Waals surface area contributed by atoms with Crippen LogP contribution in [0.2, 0.25) is 0 Å². The first kappa shape index (κ1) is 20.5. The van der Waals surface area contributed by atoms with Gasteiger partial charge in [0.1, 0.15) is 0 Å². The molecule has 0 aliphatic carbocycles. The van der Waals surface area contributed by atoms with Crippen LogP contribution in [0.4, 0.5) is 13.2 Å². The number of hydrogen-bond acceptors (Lipinski definition) is 1. The highest BCUT2D eigenvalue weighted by atomic mass is 79.9. The summed E-state index contributed by atoms with van der Waals surface area (Å²) in [6.07, 6.45) is -3.76. The number of carbonyl (C=O) groups is 1. The van der Waals surface area contributed by atoms with Gasteiger partial charge in [0.2, 0.25) is 0 Å². The molecule has 132 valence electrons. The number of halogens is 4. The molecule has 0 aromatic heterocycles. The Balaban J connectivity index is 3.43. The van der Waals surface area contributed by atoms with Crippen LogP contribution < -0.4 is 0 Å². The van der Waals surface area contributed by atoms with E-state index in [0.717, 1.165) is 10.5 Å². The van der Waals surface area contributed by atoms with Gasteiger partial charge in [0.25, 0.3) is 5.91 Å². The Bertz CT molecular complexity index is 623. The lowest BCUT2D eigenvalue weighted by molar-refractivity contribution is -0.128. The molecular formula is C18H21BrF3NO. The summed E-state index contributed by atoms with van der Waals surface area (Å²) in [6, 6.07) is 6.29. The number of hydrogen-bond donors (Lipinski definition) is 0. The summed E-state index contributed by atoms with van der Waals surface area (Å²) >= 11 is 3.28. The van der Waals surface area contributed by atoms with Gasteiger partial charge in [-0.3, -0.25) is 4.79 Å². The minimum atomic E-state index is -4.58. The van der Waals surface area contributed by atoms with Crippen LogP contribution in [-0.2, 0) is 4.79 Å². The monoisotopic (exact) mass is 403 g/mol. The Kier molecular flexibility index (Phi) is 6.84. The minimum absolute atomic E-state index is 0.0211. The smallest absolute Gasteiger partial charge is 0.334 e. The van der Waals surface area contributed by atoms with Crippen molar-refractivity contribution in [1.82, 2.24) is 4.90 Å². The average Bonchev–Trinajstić information content (AvgIpc) is 2.43. The van der Waals surface area contributed by atoms with Crippen LogP contribution in [0.1, 0.15) is 33.3 Å². The van der Waals surface area contributed by atoms with E-state index in [1.165, 1.54) is 0 Å². The Labute approximate surface area is 149 Å². The van der Waals surface area contributed by atoms with Crippen molar-refractivity contribution in [3.63, 3.8) is 0 Å². The molecule has 0 saturated carbocycles. The molecule has 1 aromatic rings. The third kappa shape index (κ3) is 5.23. The molecule has 0 spiro atoms. The molecule has 0 aliphatic heterocycles. The predicted octanol–water partition coefficient (Wildman–Crippen LogP) is 5.60. The van der Waals surface area contributed by atoms with Crippen molar-refractivity contribution in [2.24, 2.45) is 0 Å². The van der Waals surface area contributed by atoms with Gasteiger partial charge in [-0.05, 0) is 51.5 Å². The summed E-state index contributed by atoms with van der Waals surface area (Å²) in [5.74, 6) is -0.451. The maximum Gasteiger partial charge on any atom is 0.415 e. The fourth-order valence-electron chi connectivity index (χ4n) is 2.36. The second-order valence-electron chi connectivity index (χ2n) is 5.99. The van der Waals surface area contributed by atoms with E-state index in [0.29, 0.717) is 5.56 Å². The molecule has 2 nitrogen and oxygen atoms in total. The number of nitrogens with zero attached hydrogens (tertiary/aromatic N) is 1. The maximum absolute atomic E-state index is 12.9. The van der Waals surface area contributed by atoms with Crippen LogP contribution in [-0.4, -0.2) is 29.1 Å². The van der Waals surface area contributed by atoms with E-state index < -0.39 is 17.7 Å². The molecule has 1 amide bonds. The standard InChI is InChI=1S/C18H21BrF3NO/c1-11(2)23(12(3)4)17(24)16(10-13(5)18(20,21)22)14-6-8-15(19)9-7-14/h6-12H,5H2,1-4H3/b16-10+. The summed E-state index contributed by atoms with van der Waals surface area (Å²) in [5, 5.41) is 0. The van der Waals surface area contributed by atoms with Gasteiger partial charge >= 0.3 is 6.18 Å². The third-order valence-corrected chi connectivity index (χ3v) is 3.94. The second kappa shape index (κ2) is 8.01. The summed E-state index contributed by atoms with van der Waals surface area (Å²) in [4.78, 5) is 14.5. The van der Waals surface area contributed by atoms with E-state index in [2.05, 4.69) is 22.5 Å². The first-order valence-corrected chi connectivity index (χ1v) is 8.30. The number of rotatable bonds is 5. The molecule has 0 N–H and O–H groups in total. The van der Waals surface area contributed by atoms with Gasteiger partial charge in [0.05, 0.1) is 0 Å². The molecule has 1 aromatic carbocycles. The molecule has 6 heteroatoms. The van der Waals surface area contributed by atoms with E-state index in [9.17, 15) is 18.0 Å². The average molecular weight is 404 g/mol. The van der Waals surface area contributed by atoms with Gasteiger partial charge in [-0.2, -0.15) is 13.2 Å². The lowest BCUT2D eigenvalue weighted by Gasteiger charge is -2.32. The highest BCUT2D eigenvalue weighted by Gasteiger charge is 2.32. The van der Waals surface area contributed by atoms with Crippen molar-refractivity contribution in [1.29, 1.82) is 0 Å². The number of alkyl halides is 3. The fourth-order valence-corrected chi connectivity index (χ4v) is 2.62. The first-order valence-electron chi connectivity index (χ1n) is 7.51. The van der Waals surface area contributed by atoms with Crippen LogP contribution in [0.3, 0.4) is 0 Å². The minimum Gasteiger partial charge on any atom is -0.334 e. The number of benzene rings is 1.